The maximum absolute atomic E-state index is 11.5. The van der Waals surface area contributed by atoms with Crippen molar-refractivity contribution in [2.45, 2.75) is 37.8 Å². The highest BCUT2D eigenvalue weighted by Crippen LogP contribution is 2.04. The molecule has 7 nitrogen and oxygen atoms in total. The van der Waals surface area contributed by atoms with Crippen LogP contribution in [0.25, 0.3) is 0 Å². The van der Waals surface area contributed by atoms with Gasteiger partial charge in [0.2, 0.25) is 0 Å². The molecule has 0 radical (unpaired) electrons. The minimum atomic E-state index is -0.588. The predicted octanol–water partition coefficient (Wildman–Crippen LogP) is -0.883. The normalized spacial score (nSPS) is 13.6. The van der Waals surface area contributed by atoms with Gasteiger partial charge in [-0.05, 0) is 0 Å². The maximum Gasteiger partial charge on any atom is 0.307 e. The molecule has 0 spiro atoms. The number of esters is 2. The second-order valence-corrected chi connectivity index (χ2v) is 4.03. The van der Waals surface area contributed by atoms with Gasteiger partial charge in [0.05, 0.1) is 27.1 Å². The van der Waals surface area contributed by atoms with Gasteiger partial charge in [0.1, 0.15) is 5.78 Å². The van der Waals surface area contributed by atoms with E-state index in [2.05, 4.69) is 9.47 Å². The van der Waals surface area contributed by atoms with Crippen LogP contribution < -0.4 is 11.5 Å². The molecule has 104 valence electrons. The number of ether oxygens (including phenoxy) is 2. The van der Waals surface area contributed by atoms with Crippen LogP contribution in [0.15, 0.2) is 0 Å². The Labute approximate surface area is 106 Å². The van der Waals surface area contributed by atoms with E-state index in [1.807, 2.05) is 0 Å². The Morgan fingerprint density at radius 2 is 1.17 bits per heavy atom. The number of rotatable bonds is 8. The van der Waals surface area contributed by atoms with E-state index >= 15 is 0 Å². The van der Waals surface area contributed by atoms with Gasteiger partial charge in [0, 0.05) is 24.9 Å². The lowest BCUT2D eigenvalue weighted by Gasteiger charge is -2.12. The fraction of sp³-hybridized carbons (Fsp3) is 0.727. The van der Waals surface area contributed by atoms with Crippen molar-refractivity contribution in [3.05, 3.63) is 0 Å². The zero-order chi connectivity index (χ0) is 14.1. The van der Waals surface area contributed by atoms with Crippen LogP contribution in [0.2, 0.25) is 0 Å². The molecule has 2 atom stereocenters. The first-order valence-electron chi connectivity index (χ1n) is 5.55. The molecule has 4 N–H and O–H groups in total. The van der Waals surface area contributed by atoms with Crippen LogP contribution in [0.1, 0.15) is 25.7 Å². The summed E-state index contributed by atoms with van der Waals surface area (Å²) < 4.78 is 8.87. The zero-order valence-electron chi connectivity index (χ0n) is 10.7. The third kappa shape index (κ3) is 7.75. The number of hydrogen-bond acceptors (Lipinski definition) is 7. The summed E-state index contributed by atoms with van der Waals surface area (Å²) in [5.74, 6) is -1.12. The fourth-order valence-electron chi connectivity index (χ4n) is 1.41. The largest absolute Gasteiger partial charge is 0.469 e. The molecule has 0 amide bonds. The Morgan fingerprint density at radius 1 is 0.833 bits per heavy atom. The lowest BCUT2D eigenvalue weighted by atomic mass is 10.0. The lowest BCUT2D eigenvalue weighted by molar-refractivity contribution is -0.141. The Bertz CT molecular complexity index is 278. The molecule has 0 bridgehead atoms. The van der Waals surface area contributed by atoms with E-state index in [0.29, 0.717) is 0 Å². The summed E-state index contributed by atoms with van der Waals surface area (Å²) in [5.41, 5.74) is 11.2. The summed E-state index contributed by atoms with van der Waals surface area (Å²) in [5, 5.41) is 0. The first-order valence-corrected chi connectivity index (χ1v) is 5.55. The molecule has 0 saturated carbocycles. The third-order valence-electron chi connectivity index (χ3n) is 2.29. The van der Waals surface area contributed by atoms with Gasteiger partial charge in [-0.2, -0.15) is 0 Å². The molecule has 0 aliphatic rings. The molecule has 0 aliphatic carbocycles. The Hall–Kier alpha value is -1.47. The van der Waals surface area contributed by atoms with E-state index in [9.17, 15) is 14.4 Å². The van der Waals surface area contributed by atoms with Crippen LogP contribution in [0.5, 0.6) is 0 Å². The van der Waals surface area contributed by atoms with Gasteiger partial charge in [0.15, 0.2) is 0 Å². The number of hydrogen-bond donors (Lipinski definition) is 2. The van der Waals surface area contributed by atoms with Crippen LogP contribution in [0, 0.1) is 0 Å². The predicted molar refractivity (Wildman–Crippen MR) is 63.5 cm³/mol. The summed E-state index contributed by atoms with van der Waals surface area (Å²) in [7, 11) is 2.51. The van der Waals surface area contributed by atoms with Crippen molar-refractivity contribution >= 4 is 17.7 Å². The molecule has 0 rings (SSSR count). The van der Waals surface area contributed by atoms with Gasteiger partial charge >= 0.3 is 11.9 Å². The molecule has 18 heavy (non-hydrogen) atoms. The second kappa shape index (κ2) is 8.60. The molecule has 0 heterocycles. The van der Waals surface area contributed by atoms with Crippen molar-refractivity contribution in [3.63, 3.8) is 0 Å². The van der Waals surface area contributed by atoms with Crippen LogP contribution in [0.3, 0.4) is 0 Å². The van der Waals surface area contributed by atoms with E-state index in [0.717, 1.165) is 0 Å². The average molecular weight is 260 g/mol. The fourth-order valence-corrected chi connectivity index (χ4v) is 1.41. The van der Waals surface area contributed by atoms with E-state index in [-0.39, 0.29) is 31.5 Å². The standard InChI is InChI=1S/C11H20N2O5/c1-17-10(15)5-7(12)3-9(14)4-8(13)6-11(16)18-2/h7-8H,3-6,12-13H2,1-2H3. The van der Waals surface area contributed by atoms with Crippen molar-refractivity contribution < 1.29 is 23.9 Å². The minimum Gasteiger partial charge on any atom is -0.469 e. The van der Waals surface area contributed by atoms with Crippen molar-refractivity contribution in [2.24, 2.45) is 11.5 Å². The highest BCUT2D eigenvalue weighted by atomic mass is 16.5. The zero-order valence-corrected chi connectivity index (χ0v) is 10.7. The number of carbonyl (C=O) groups is 3. The van der Waals surface area contributed by atoms with E-state index in [1.165, 1.54) is 14.2 Å². The summed E-state index contributed by atoms with van der Waals surface area (Å²) in [6.07, 6.45) is 0.0247. The van der Waals surface area contributed by atoms with Crippen molar-refractivity contribution in [1.82, 2.24) is 0 Å². The lowest BCUT2D eigenvalue weighted by Crippen LogP contribution is -2.32. The summed E-state index contributed by atoms with van der Waals surface area (Å²) in [6.45, 7) is 0. The Kier molecular flexibility index (Phi) is 7.89. The van der Waals surface area contributed by atoms with Gasteiger partial charge in [-0.15, -0.1) is 0 Å². The summed E-state index contributed by atoms with van der Waals surface area (Å²) in [4.78, 5) is 33.4. The van der Waals surface area contributed by atoms with Crippen LogP contribution in [-0.2, 0) is 23.9 Å². The van der Waals surface area contributed by atoms with Gasteiger partial charge in [0.25, 0.3) is 0 Å². The van der Waals surface area contributed by atoms with E-state index in [4.69, 9.17) is 11.5 Å². The van der Waals surface area contributed by atoms with Gasteiger partial charge in [-0.1, -0.05) is 0 Å². The van der Waals surface area contributed by atoms with Gasteiger partial charge in [-0.3, -0.25) is 14.4 Å². The first-order chi connectivity index (χ1) is 8.38. The smallest absolute Gasteiger partial charge is 0.307 e. The van der Waals surface area contributed by atoms with E-state index in [1.54, 1.807) is 0 Å². The quantitative estimate of drug-likeness (QED) is 0.543. The van der Waals surface area contributed by atoms with Crippen molar-refractivity contribution in [2.75, 3.05) is 14.2 Å². The monoisotopic (exact) mass is 260 g/mol. The topological polar surface area (TPSA) is 122 Å². The van der Waals surface area contributed by atoms with Crippen molar-refractivity contribution in [3.8, 4) is 0 Å². The SMILES string of the molecule is COC(=O)CC(N)CC(=O)CC(N)CC(=O)OC. The van der Waals surface area contributed by atoms with E-state index < -0.39 is 24.0 Å². The Morgan fingerprint density at radius 3 is 1.44 bits per heavy atom. The molecule has 0 aromatic heterocycles. The first kappa shape index (κ1) is 16.5. The van der Waals surface area contributed by atoms with Crippen molar-refractivity contribution in [1.29, 1.82) is 0 Å². The summed E-state index contributed by atoms with van der Waals surface area (Å²) >= 11 is 0. The number of ketones is 1. The molecule has 0 aliphatic heterocycles. The highest BCUT2D eigenvalue weighted by Gasteiger charge is 2.18. The second-order valence-electron chi connectivity index (χ2n) is 4.03. The van der Waals surface area contributed by atoms with Crippen LogP contribution in [0.4, 0.5) is 0 Å². The molecule has 2 unspecified atom stereocenters. The molecule has 0 aromatic carbocycles. The molecule has 7 heteroatoms. The third-order valence-corrected chi connectivity index (χ3v) is 2.29. The number of carbonyl (C=O) groups excluding carboxylic acids is 3. The molecular formula is C11H20N2O5. The summed E-state index contributed by atoms with van der Waals surface area (Å²) in [6, 6.07) is -1.18. The minimum absolute atomic E-state index is 0.0194. The molecule has 0 fully saturated rings. The average Bonchev–Trinajstić information content (AvgIpc) is 2.27. The highest BCUT2D eigenvalue weighted by molar-refractivity contribution is 5.81. The van der Waals surface area contributed by atoms with Gasteiger partial charge in [-0.25, -0.2) is 0 Å². The van der Waals surface area contributed by atoms with Gasteiger partial charge < -0.3 is 20.9 Å². The van der Waals surface area contributed by atoms with Crippen LogP contribution in [-0.4, -0.2) is 44.0 Å². The Balaban J connectivity index is 3.95. The molecule has 0 aromatic rings. The number of Topliss-reactive ketones (excluding diaryl/α,β-unsaturated/α-hetero) is 1. The number of nitrogens with two attached hydrogens (primary N) is 2. The number of methoxy groups -OCH3 is 2. The molecule has 0 saturated heterocycles. The van der Waals surface area contributed by atoms with Crippen LogP contribution >= 0.6 is 0 Å². The maximum atomic E-state index is 11.5. The molecular weight excluding hydrogens is 240 g/mol.